The Labute approximate surface area is 230 Å². The van der Waals surface area contributed by atoms with E-state index in [0.29, 0.717) is 17.8 Å². The lowest BCUT2D eigenvalue weighted by atomic mass is 10.0. The summed E-state index contributed by atoms with van der Waals surface area (Å²) in [5.41, 5.74) is 5.89. The number of unbranched alkanes of at least 4 members (excludes halogenated alkanes) is 1. The molecule has 3 N–H and O–H groups in total. The number of aryl methyl sites for hydroxylation is 3. The van der Waals surface area contributed by atoms with Crippen molar-refractivity contribution in [2.45, 2.75) is 53.0 Å². The number of benzene rings is 3. The molecule has 3 aromatic rings. The van der Waals surface area contributed by atoms with Crippen molar-refractivity contribution in [3.8, 4) is 16.9 Å². The SMILES string of the molecule is CCCC[C@@H](NC(=O)c1ccc(-c2ccc(OC)cc2)cc1NC(=O)Nc1c(C)cc(C)cc1C)C(=O)OC. The van der Waals surface area contributed by atoms with Crippen molar-refractivity contribution in [2.24, 2.45) is 0 Å². The number of nitrogens with one attached hydrogen (secondary N) is 3. The zero-order valence-electron chi connectivity index (χ0n) is 23.4. The summed E-state index contributed by atoms with van der Waals surface area (Å²) in [5, 5.41) is 8.55. The molecule has 8 heteroatoms. The van der Waals surface area contributed by atoms with Gasteiger partial charge in [-0.2, -0.15) is 0 Å². The highest BCUT2D eigenvalue weighted by Gasteiger charge is 2.24. The van der Waals surface area contributed by atoms with Gasteiger partial charge in [-0.25, -0.2) is 9.59 Å². The Kier molecular flexibility index (Phi) is 10.1. The topological polar surface area (TPSA) is 106 Å². The number of urea groups is 1. The number of methoxy groups -OCH3 is 2. The van der Waals surface area contributed by atoms with Crippen LogP contribution >= 0.6 is 0 Å². The standard InChI is InChI=1S/C31H37N3O5/c1-7-8-9-26(30(36)39-6)32-29(35)25-15-12-23(22-10-13-24(38-5)14-11-22)18-27(25)33-31(37)34-28-20(3)16-19(2)17-21(28)4/h10-18,26H,7-9H2,1-6H3,(H,32,35)(H2,33,34,37)/t26-/m1/s1. The molecule has 0 saturated heterocycles. The Morgan fingerprint density at radius 2 is 1.49 bits per heavy atom. The van der Waals surface area contributed by atoms with E-state index >= 15 is 0 Å². The molecular weight excluding hydrogens is 494 g/mol. The summed E-state index contributed by atoms with van der Waals surface area (Å²) in [4.78, 5) is 38.8. The third kappa shape index (κ3) is 7.60. The number of carbonyl (C=O) groups excluding carboxylic acids is 3. The number of anilines is 2. The number of hydrogen-bond acceptors (Lipinski definition) is 5. The van der Waals surface area contributed by atoms with E-state index in [9.17, 15) is 14.4 Å². The fraction of sp³-hybridized carbons (Fsp3) is 0.323. The van der Waals surface area contributed by atoms with Gasteiger partial charge in [-0.3, -0.25) is 4.79 Å². The quantitative estimate of drug-likeness (QED) is 0.263. The van der Waals surface area contributed by atoms with Gasteiger partial charge in [0.15, 0.2) is 0 Å². The first-order valence-corrected chi connectivity index (χ1v) is 13.0. The maximum Gasteiger partial charge on any atom is 0.328 e. The second kappa shape index (κ2) is 13.5. The van der Waals surface area contributed by atoms with Gasteiger partial charge in [0.05, 0.1) is 25.5 Å². The van der Waals surface area contributed by atoms with E-state index in [2.05, 4.69) is 16.0 Å². The Morgan fingerprint density at radius 1 is 0.846 bits per heavy atom. The van der Waals surface area contributed by atoms with E-state index in [1.165, 1.54) is 7.11 Å². The molecule has 0 heterocycles. The molecule has 39 heavy (non-hydrogen) atoms. The number of rotatable bonds is 10. The summed E-state index contributed by atoms with van der Waals surface area (Å²) in [7, 11) is 2.89. The molecule has 0 aliphatic rings. The fourth-order valence-corrected chi connectivity index (χ4v) is 4.49. The lowest BCUT2D eigenvalue weighted by Gasteiger charge is -2.19. The molecule has 0 unspecified atom stereocenters. The molecular formula is C31H37N3O5. The van der Waals surface area contributed by atoms with E-state index in [-0.39, 0.29) is 5.56 Å². The summed E-state index contributed by atoms with van der Waals surface area (Å²) in [6.45, 7) is 7.87. The first kappa shape index (κ1) is 29.2. The molecule has 0 aromatic heterocycles. The van der Waals surface area contributed by atoms with Crippen LogP contribution in [0.5, 0.6) is 5.75 Å². The monoisotopic (exact) mass is 531 g/mol. The molecule has 8 nitrogen and oxygen atoms in total. The van der Waals surface area contributed by atoms with E-state index in [0.717, 1.165) is 46.4 Å². The second-order valence-corrected chi connectivity index (χ2v) is 9.53. The molecule has 3 amide bonds. The predicted octanol–water partition coefficient (Wildman–Crippen LogP) is 6.39. The molecule has 0 spiro atoms. The minimum atomic E-state index is -0.789. The molecule has 0 aliphatic carbocycles. The maximum atomic E-state index is 13.4. The third-order valence-corrected chi connectivity index (χ3v) is 6.49. The normalized spacial score (nSPS) is 11.3. The first-order valence-electron chi connectivity index (χ1n) is 13.0. The number of amides is 3. The number of esters is 1. The zero-order valence-corrected chi connectivity index (χ0v) is 23.4. The van der Waals surface area contributed by atoms with Crippen molar-refractivity contribution in [1.29, 1.82) is 0 Å². The maximum absolute atomic E-state index is 13.4. The summed E-state index contributed by atoms with van der Waals surface area (Å²) < 4.78 is 10.1. The van der Waals surface area contributed by atoms with Gasteiger partial charge in [0.1, 0.15) is 11.8 Å². The molecule has 0 aliphatic heterocycles. The van der Waals surface area contributed by atoms with Crippen LogP contribution in [0, 0.1) is 20.8 Å². The summed E-state index contributed by atoms with van der Waals surface area (Å²) >= 11 is 0. The van der Waals surface area contributed by atoms with Crippen molar-refractivity contribution >= 4 is 29.3 Å². The third-order valence-electron chi connectivity index (χ3n) is 6.49. The van der Waals surface area contributed by atoms with Crippen LogP contribution in [-0.4, -0.2) is 38.2 Å². The average molecular weight is 532 g/mol. The predicted molar refractivity (Wildman–Crippen MR) is 155 cm³/mol. The molecule has 0 saturated carbocycles. The Balaban J connectivity index is 1.95. The van der Waals surface area contributed by atoms with Crippen LogP contribution in [0.3, 0.4) is 0 Å². The van der Waals surface area contributed by atoms with Gasteiger partial charge >= 0.3 is 12.0 Å². The van der Waals surface area contributed by atoms with Crippen molar-refractivity contribution in [3.63, 3.8) is 0 Å². The average Bonchev–Trinajstić information content (AvgIpc) is 2.92. The van der Waals surface area contributed by atoms with Crippen molar-refractivity contribution < 1.29 is 23.9 Å². The van der Waals surface area contributed by atoms with Gasteiger partial charge in [-0.05, 0) is 73.7 Å². The van der Waals surface area contributed by atoms with Crippen molar-refractivity contribution in [1.82, 2.24) is 5.32 Å². The Morgan fingerprint density at radius 3 is 2.08 bits per heavy atom. The van der Waals surface area contributed by atoms with Crippen LogP contribution in [0.4, 0.5) is 16.2 Å². The lowest BCUT2D eigenvalue weighted by molar-refractivity contribution is -0.143. The smallest absolute Gasteiger partial charge is 0.328 e. The van der Waals surface area contributed by atoms with E-state index in [1.54, 1.807) is 25.3 Å². The van der Waals surface area contributed by atoms with Crippen LogP contribution in [0.25, 0.3) is 11.1 Å². The molecule has 0 bridgehead atoms. The molecule has 0 fully saturated rings. The van der Waals surface area contributed by atoms with Gasteiger partial charge in [0.2, 0.25) is 0 Å². The largest absolute Gasteiger partial charge is 0.497 e. The van der Waals surface area contributed by atoms with E-state index in [4.69, 9.17) is 9.47 Å². The highest BCUT2D eigenvalue weighted by molar-refractivity contribution is 6.08. The molecule has 3 rings (SSSR count). The number of carbonyl (C=O) groups is 3. The van der Waals surface area contributed by atoms with Gasteiger partial charge in [-0.15, -0.1) is 0 Å². The van der Waals surface area contributed by atoms with Crippen LogP contribution in [0.2, 0.25) is 0 Å². The van der Waals surface area contributed by atoms with Crippen LogP contribution in [0.1, 0.15) is 53.2 Å². The van der Waals surface area contributed by atoms with E-state index in [1.807, 2.05) is 64.1 Å². The summed E-state index contributed by atoms with van der Waals surface area (Å²) in [6.07, 6.45) is 2.07. The van der Waals surface area contributed by atoms with Crippen molar-refractivity contribution in [3.05, 3.63) is 76.9 Å². The minimum absolute atomic E-state index is 0.227. The minimum Gasteiger partial charge on any atom is -0.497 e. The first-order chi connectivity index (χ1) is 18.7. The number of ether oxygens (including phenoxy) is 2. The second-order valence-electron chi connectivity index (χ2n) is 9.53. The molecule has 1 atom stereocenters. The van der Waals surface area contributed by atoms with Crippen LogP contribution < -0.4 is 20.7 Å². The Bertz CT molecular complexity index is 1310. The molecule has 0 radical (unpaired) electrons. The van der Waals surface area contributed by atoms with Crippen LogP contribution in [-0.2, 0) is 9.53 Å². The fourth-order valence-electron chi connectivity index (χ4n) is 4.49. The van der Waals surface area contributed by atoms with Crippen molar-refractivity contribution in [2.75, 3.05) is 24.9 Å². The van der Waals surface area contributed by atoms with Crippen LogP contribution in [0.15, 0.2) is 54.6 Å². The van der Waals surface area contributed by atoms with Gasteiger partial charge in [0.25, 0.3) is 5.91 Å². The van der Waals surface area contributed by atoms with Gasteiger partial charge in [0, 0.05) is 5.69 Å². The highest BCUT2D eigenvalue weighted by Crippen LogP contribution is 2.28. The van der Waals surface area contributed by atoms with E-state index < -0.39 is 23.9 Å². The summed E-state index contributed by atoms with van der Waals surface area (Å²) in [6, 6.07) is 15.4. The van der Waals surface area contributed by atoms with Gasteiger partial charge in [-0.1, -0.05) is 55.7 Å². The molecule has 3 aromatic carbocycles. The summed E-state index contributed by atoms with van der Waals surface area (Å²) in [5.74, 6) is -0.276. The Hall–Kier alpha value is -4.33. The highest BCUT2D eigenvalue weighted by atomic mass is 16.5. The number of hydrogen-bond donors (Lipinski definition) is 3. The van der Waals surface area contributed by atoms with Gasteiger partial charge < -0.3 is 25.4 Å². The zero-order chi connectivity index (χ0) is 28.5. The molecule has 206 valence electrons. The lowest BCUT2D eigenvalue weighted by Crippen LogP contribution is -2.41.